The third kappa shape index (κ3) is 3.44. The van der Waals surface area contributed by atoms with Gasteiger partial charge in [0, 0.05) is 30.8 Å². The van der Waals surface area contributed by atoms with E-state index in [1.54, 1.807) is 12.1 Å². The van der Waals surface area contributed by atoms with Gasteiger partial charge in [0.25, 0.3) is 5.69 Å². The molecule has 24 heavy (non-hydrogen) atoms. The molecule has 0 saturated carbocycles. The number of benzene rings is 1. The molecule has 1 atom stereocenters. The van der Waals surface area contributed by atoms with E-state index in [4.69, 9.17) is 4.52 Å². The first kappa shape index (κ1) is 16.5. The summed E-state index contributed by atoms with van der Waals surface area (Å²) in [6.45, 7) is 0.788. The molecule has 1 aliphatic rings. The fourth-order valence-corrected chi connectivity index (χ4v) is 3.63. The average molecular weight is 352 g/mol. The molecule has 0 radical (unpaired) electrons. The Bertz CT molecular complexity index is 864. The van der Waals surface area contributed by atoms with Gasteiger partial charge in [-0.2, -0.15) is 4.98 Å². The fraction of sp³-hybridized carbons (Fsp3) is 0.429. The van der Waals surface area contributed by atoms with Gasteiger partial charge in [0.1, 0.15) is 0 Å². The zero-order valence-corrected chi connectivity index (χ0v) is 13.8. The van der Waals surface area contributed by atoms with E-state index < -0.39 is 14.9 Å². The standard InChI is InChI=1S/C14H16N4O5S/c1-24(21,22)17-7-3-5-11(9-17)14-15-13(16-23-14)10-4-2-6-12(8-10)18(19)20/h2,4,6,8,11H,3,5,7,9H2,1H3/t11-/m1/s1. The molecule has 1 aliphatic heterocycles. The number of rotatable bonds is 4. The third-order valence-electron chi connectivity index (χ3n) is 3.96. The van der Waals surface area contributed by atoms with Crippen molar-refractivity contribution in [2.75, 3.05) is 19.3 Å². The lowest BCUT2D eigenvalue weighted by Gasteiger charge is -2.28. The van der Waals surface area contributed by atoms with Gasteiger partial charge < -0.3 is 4.52 Å². The van der Waals surface area contributed by atoms with Crippen molar-refractivity contribution in [2.45, 2.75) is 18.8 Å². The van der Waals surface area contributed by atoms with E-state index in [-0.39, 0.29) is 17.4 Å². The number of piperidine rings is 1. The van der Waals surface area contributed by atoms with Gasteiger partial charge in [-0.1, -0.05) is 17.3 Å². The topological polar surface area (TPSA) is 119 Å². The molecule has 1 aromatic carbocycles. The highest BCUT2D eigenvalue weighted by molar-refractivity contribution is 7.88. The van der Waals surface area contributed by atoms with Crippen LogP contribution in [0.5, 0.6) is 0 Å². The van der Waals surface area contributed by atoms with Crippen LogP contribution in [-0.2, 0) is 10.0 Å². The fourth-order valence-electron chi connectivity index (χ4n) is 2.72. The van der Waals surface area contributed by atoms with Crippen molar-refractivity contribution in [2.24, 2.45) is 0 Å². The zero-order chi connectivity index (χ0) is 17.3. The maximum atomic E-state index is 11.7. The highest BCUT2D eigenvalue weighted by Crippen LogP contribution is 2.29. The lowest BCUT2D eigenvalue weighted by Crippen LogP contribution is -2.38. The highest BCUT2D eigenvalue weighted by atomic mass is 32.2. The van der Waals surface area contributed by atoms with Crippen LogP contribution in [0.2, 0.25) is 0 Å². The molecule has 3 rings (SSSR count). The summed E-state index contributed by atoms with van der Waals surface area (Å²) in [5.74, 6) is 0.434. The van der Waals surface area contributed by atoms with E-state index in [9.17, 15) is 18.5 Å². The van der Waals surface area contributed by atoms with Crippen molar-refractivity contribution in [3.05, 3.63) is 40.3 Å². The Morgan fingerprint density at radius 3 is 2.92 bits per heavy atom. The molecule has 1 fully saturated rings. The second kappa shape index (κ2) is 6.29. The summed E-state index contributed by atoms with van der Waals surface area (Å²) in [6.07, 6.45) is 2.65. The van der Waals surface area contributed by atoms with E-state index in [0.29, 0.717) is 31.0 Å². The third-order valence-corrected chi connectivity index (χ3v) is 5.23. The van der Waals surface area contributed by atoms with Gasteiger partial charge >= 0.3 is 0 Å². The molecule has 2 aromatic rings. The maximum Gasteiger partial charge on any atom is 0.270 e. The molecule has 0 unspecified atom stereocenters. The number of nitro benzene ring substituents is 1. The summed E-state index contributed by atoms with van der Waals surface area (Å²) in [5.41, 5.74) is 0.426. The van der Waals surface area contributed by atoms with Crippen LogP contribution in [0.1, 0.15) is 24.7 Å². The summed E-state index contributed by atoms with van der Waals surface area (Å²) in [7, 11) is -3.26. The molecule has 9 nitrogen and oxygen atoms in total. The van der Waals surface area contributed by atoms with Gasteiger partial charge in [0.05, 0.1) is 17.1 Å². The lowest BCUT2D eigenvalue weighted by molar-refractivity contribution is -0.384. The van der Waals surface area contributed by atoms with Crippen LogP contribution in [-0.4, -0.2) is 47.1 Å². The van der Waals surface area contributed by atoms with E-state index in [2.05, 4.69) is 10.1 Å². The lowest BCUT2D eigenvalue weighted by atomic mass is 10.00. The highest BCUT2D eigenvalue weighted by Gasteiger charge is 2.30. The van der Waals surface area contributed by atoms with Crippen LogP contribution >= 0.6 is 0 Å². The number of aromatic nitrogens is 2. The van der Waals surface area contributed by atoms with Gasteiger partial charge in [-0.05, 0) is 12.8 Å². The number of hydrogen-bond donors (Lipinski definition) is 0. The number of nitrogens with zero attached hydrogens (tertiary/aromatic N) is 4. The van der Waals surface area contributed by atoms with Crippen molar-refractivity contribution in [1.82, 2.24) is 14.4 Å². The largest absolute Gasteiger partial charge is 0.339 e. The summed E-state index contributed by atoms with van der Waals surface area (Å²) < 4.78 is 30.0. The quantitative estimate of drug-likeness (QED) is 0.607. The number of nitro groups is 1. The van der Waals surface area contributed by atoms with Crippen LogP contribution in [0.25, 0.3) is 11.4 Å². The molecule has 0 aliphatic carbocycles. The van der Waals surface area contributed by atoms with Crippen LogP contribution in [0.15, 0.2) is 28.8 Å². The van der Waals surface area contributed by atoms with Gasteiger partial charge in [-0.15, -0.1) is 0 Å². The van der Waals surface area contributed by atoms with Crippen molar-refractivity contribution < 1.29 is 17.9 Å². The molecule has 0 spiro atoms. The number of non-ortho nitro benzene ring substituents is 1. The molecule has 0 amide bonds. The number of sulfonamides is 1. The second-order valence-electron chi connectivity index (χ2n) is 5.72. The molecular weight excluding hydrogens is 336 g/mol. The van der Waals surface area contributed by atoms with Crippen molar-refractivity contribution in [1.29, 1.82) is 0 Å². The predicted octanol–water partition coefficient (Wildman–Crippen LogP) is 1.78. The Labute approximate surface area is 138 Å². The summed E-state index contributed by atoms with van der Waals surface area (Å²) in [5, 5.41) is 14.7. The summed E-state index contributed by atoms with van der Waals surface area (Å²) in [4.78, 5) is 14.7. The first-order valence-electron chi connectivity index (χ1n) is 7.38. The predicted molar refractivity (Wildman–Crippen MR) is 84.8 cm³/mol. The van der Waals surface area contributed by atoms with E-state index in [0.717, 1.165) is 6.42 Å². The van der Waals surface area contributed by atoms with E-state index in [1.165, 1.54) is 22.7 Å². The molecule has 128 valence electrons. The average Bonchev–Trinajstić information content (AvgIpc) is 3.04. The van der Waals surface area contributed by atoms with Crippen molar-refractivity contribution >= 4 is 15.7 Å². The Kier molecular flexibility index (Phi) is 4.33. The van der Waals surface area contributed by atoms with Gasteiger partial charge in [-0.25, -0.2) is 12.7 Å². The minimum atomic E-state index is -3.26. The molecule has 0 N–H and O–H groups in total. The molecular formula is C14H16N4O5S. The first-order valence-corrected chi connectivity index (χ1v) is 9.23. The Balaban J connectivity index is 1.83. The molecule has 1 aromatic heterocycles. The molecule has 2 heterocycles. The SMILES string of the molecule is CS(=O)(=O)N1CCC[C@@H](c2nc(-c3cccc([N+](=O)[O-])c3)no2)C1. The van der Waals surface area contributed by atoms with Gasteiger partial charge in [0.2, 0.25) is 21.7 Å². The van der Waals surface area contributed by atoms with E-state index in [1.807, 2.05) is 0 Å². The minimum absolute atomic E-state index is 0.0558. The van der Waals surface area contributed by atoms with Crippen molar-refractivity contribution in [3.63, 3.8) is 0 Å². The monoisotopic (exact) mass is 352 g/mol. The minimum Gasteiger partial charge on any atom is -0.339 e. The molecule has 1 saturated heterocycles. The summed E-state index contributed by atoms with van der Waals surface area (Å²) >= 11 is 0. The Morgan fingerprint density at radius 2 is 2.21 bits per heavy atom. The van der Waals surface area contributed by atoms with Crippen LogP contribution in [0.4, 0.5) is 5.69 Å². The van der Waals surface area contributed by atoms with Crippen LogP contribution < -0.4 is 0 Å². The zero-order valence-electron chi connectivity index (χ0n) is 13.0. The maximum absolute atomic E-state index is 11.7. The normalized spacial score (nSPS) is 19.3. The number of hydrogen-bond acceptors (Lipinski definition) is 7. The smallest absolute Gasteiger partial charge is 0.270 e. The first-order chi connectivity index (χ1) is 11.3. The summed E-state index contributed by atoms with van der Waals surface area (Å²) in [6, 6.07) is 5.97. The molecule has 10 heteroatoms. The van der Waals surface area contributed by atoms with Gasteiger partial charge in [0.15, 0.2) is 0 Å². The Hall–Kier alpha value is -2.33. The van der Waals surface area contributed by atoms with Crippen LogP contribution in [0, 0.1) is 10.1 Å². The van der Waals surface area contributed by atoms with Crippen LogP contribution in [0.3, 0.4) is 0 Å². The second-order valence-corrected chi connectivity index (χ2v) is 7.71. The molecule has 0 bridgehead atoms. The van der Waals surface area contributed by atoms with Crippen molar-refractivity contribution in [3.8, 4) is 11.4 Å². The Morgan fingerprint density at radius 1 is 1.42 bits per heavy atom. The van der Waals surface area contributed by atoms with E-state index >= 15 is 0 Å². The van der Waals surface area contributed by atoms with Gasteiger partial charge in [-0.3, -0.25) is 10.1 Å².